The minimum atomic E-state index is 0.664. The van der Waals surface area contributed by atoms with Crippen molar-refractivity contribution in [1.29, 1.82) is 0 Å². The highest BCUT2D eigenvalue weighted by molar-refractivity contribution is 5.56. The van der Waals surface area contributed by atoms with E-state index in [1.165, 1.54) is 0 Å². The van der Waals surface area contributed by atoms with E-state index >= 15 is 0 Å². The van der Waals surface area contributed by atoms with Crippen molar-refractivity contribution in [1.82, 2.24) is 9.55 Å². The Hall–Kier alpha value is -1.19. The number of nitrogens with zero attached hydrogens (tertiary/aromatic N) is 2. The van der Waals surface area contributed by atoms with E-state index in [1.54, 1.807) is 17.9 Å². The molecule has 50 valence electrons. The first-order valence-electron chi connectivity index (χ1n) is 2.70. The molecule has 0 aliphatic heterocycles. The molecule has 0 aliphatic carbocycles. The Morgan fingerprint density at radius 2 is 2.44 bits per heavy atom. The number of rotatable bonds is 1. The molecule has 0 saturated heterocycles. The summed E-state index contributed by atoms with van der Waals surface area (Å²) in [4.78, 5) is 3.96. The highest BCUT2D eigenvalue weighted by atomic mass is 15.1. The third kappa shape index (κ3) is 0.826. The number of imidazole rings is 1. The molecule has 0 spiro atoms. The van der Waals surface area contributed by atoms with Crippen LogP contribution in [0.3, 0.4) is 0 Å². The van der Waals surface area contributed by atoms with Gasteiger partial charge in [0.25, 0.3) is 0 Å². The highest BCUT2D eigenvalue weighted by Crippen LogP contribution is 2.11. The lowest BCUT2D eigenvalue weighted by molar-refractivity contribution is 0.925. The number of hydrogen-bond donors (Lipinski definition) is 2. The van der Waals surface area contributed by atoms with Crippen LogP contribution in [0.15, 0.2) is 6.33 Å². The van der Waals surface area contributed by atoms with Gasteiger partial charge in [-0.05, 0) is 0 Å². The molecule has 0 unspecified atom stereocenters. The van der Waals surface area contributed by atoms with Crippen molar-refractivity contribution in [2.75, 3.05) is 18.1 Å². The zero-order chi connectivity index (χ0) is 6.85. The van der Waals surface area contributed by atoms with Crippen LogP contribution in [0.2, 0.25) is 0 Å². The summed E-state index contributed by atoms with van der Waals surface area (Å²) in [5.74, 6) is 1.40. The van der Waals surface area contributed by atoms with Crippen molar-refractivity contribution in [2.24, 2.45) is 7.05 Å². The maximum absolute atomic E-state index is 5.55. The molecule has 1 aromatic heterocycles. The van der Waals surface area contributed by atoms with Crippen LogP contribution in [-0.2, 0) is 7.05 Å². The van der Waals surface area contributed by atoms with Crippen LogP contribution in [0.5, 0.6) is 0 Å². The van der Waals surface area contributed by atoms with E-state index in [1.807, 2.05) is 7.05 Å². The molecule has 3 N–H and O–H groups in total. The van der Waals surface area contributed by atoms with Crippen molar-refractivity contribution in [3.63, 3.8) is 0 Å². The molecule has 1 rings (SSSR count). The molecule has 0 amide bonds. The molecule has 1 aromatic rings. The molecule has 0 radical (unpaired) electrons. The third-order valence-electron chi connectivity index (χ3n) is 1.22. The van der Waals surface area contributed by atoms with Crippen LogP contribution in [0.4, 0.5) is 11.6 Å². The molecule has 4 heteroatoms. The first-order valence-corrected chi connectivity index (χ1v) is 2.70. The fourth-order valence-corrected chi connectivity index (χ4v) is 0.632. The molecule has 0 bridgehead atoms. The Bertz CT molecular complexity index is 203. The minimum absolute atomic E-state index is 0.664. The van der Waals surface area contributed by atoms with Crippen LogP contribution in [0.25, 0.3) is 0 Å². The number of nitrogens with one attached hydrogen (secondary N) is 1. The molecule has 4 nitrogen and oxygen atoms in total. The summed E-state index contributed by atoms with van der Waals surface area (Å²) >= 11 is 0. The molecule has 0 atom stereocenters. The predicted molar refractivity (Wildman–Crippen MR) is 37.2 cm³/mol. The van der Waals surface area contributed by atoms with Crippen LogP contribution < -0.4 is 11.1 Å². The number of aromatic nitrogens is 2. The Kier molecular flexibility index (Phi) is 1.30. The summed E-state index contributed by atoms with van der Waals surface area (Å²) in [5.41, 5.74) is 5.55. The summed E-state index contributed by atoms with van der Waals surface area (Å²) in [7, 11) is 3.64. The van der Waals surface area contributed by atoms with E-state index in [0.717, 1.165) is 5.82 Å². The zero-order valence-electron chi connectivity index (χ0n) is 5.55. The maximum atomic E-state index is 5.55. The number of nitrogen functional groups attached to an aromatic ring is 1. The monoisotopic (exact) mass is 126 g/mol. The number of hydrogen-bond acceptors (Lipinski definition) is 3. The molecule has 1 heterocycles. The van der Waals surface area contributed by atoms with Gasteiger partial charge in [-0.15, -0.1) is 0 Å². The summed E-state index contributed by atoms with van der Waals surface area (Å²) in [6.45, 7) is 0. The van der Waals surface area contributed by atoms with Crippen molar-refractivity contribution < 1.29 is 0 Å². The minimum Gasteiger partial charge on any atom is -0.382 e. The van der Waals surface area contributed by atoms with Crippen molar-refractivity contribution in [3.05, 3.63) is 6.33 Å². The molecular weight excluding hydrogens is 116 g/mol. The van der Waals surface area contributed by atoms with E-state index in [9.17, 15) is 0 Å². The predicted octanol–water partition coefficient (Wildman–Crippen LogP) is 0.0440. The van der Waals surface area contributed by atoms with E-state index in [-0.39, 0.29) is 0 Å². The number of anilines is 2. The average molecular weight is 126 g/mol. The fraction of sp³-hybridized carbons (Fsp3) is 0.400. The van der Waals surface area contributed by atoms with Gasteiger partial charge in [0.05, 0.1) is 6.33 Å². The standard InChI is InChI=1S/C5H10N4/c1-7-5-4(6)9(2)3-8-5/h3,7H,6H2,1-2H3. The Labute approximate surface area is 53.7 Å². The summed E-state index contributed by atoms with van der Waals surface area (Å²) in [6, 6.07) is 0. The van der Waals surface area contributed by atoms with Gasteiger partial charge in [0.1, 0.15) is 5.82 Å². The summed E-state index contributed by atoms with van der Waals surface area (Å²) < 4.78 is 1.76. The molecule has 0 aliphatic rings. The van der Waals surface area contributed by atoms with E-state index < -0.39 is 0 Å². The van der Waals surface area contributed by atoms with Crippen LogP contribution in [-0.4, -0.2) is 16.6 Å². The maximum Gasteiger partial charge on any atom is 0.168 e. The number of nitrogens with two attached hydrogens (primary N) is 1. The lowest BCUT2D eigenvalue weighted by Crippen LogP contribution is -1.98. The second-order valence-corrected chi connectivity index (χ2v) is 1.84. The van der Waals surface area contributed by atoms with Crippen molar-refractivity contribution in [2.45, 2.75) is 0 Å². The lowest BCUT2D eigenvalue weighted by Gasteiger charge is -1.95. The second kappa shape index (κ2) is 1.97. The smallest absolute Gasteiger partial charge is 0.168 e. The summed E-state index contributed by atoms with van der Waals surface area (Å²) in [6.07, 6.45) is 1.67. The molecule has 0 fully saturated rings. The first kappa shape index (κ1) is 5.94. The van der Waals surface area contributed by atoms with E-state index in [2.05, 4.69) is 10.3 Å². The lowest BCUT2D eigenvalue weighted by atomic mass is 10.6. The van der Waals surface area contributed by atoms with Gasteiger partial charge in [-0.2, -0.15) is 0 Å². The second-order valence-electron chi connectivity index (χ2n) is 1.84. The highest BCUT2D eigenvalue weighted by Gasteiger charge is 1.99. The third-order valence-corrected chi connectivity index (χ3v) is 1.22. The van der Waals surface area contributed by atoms with Crippen molar-refractivity contribution >= 4 is 11.6 Å². The van der Waals surface area contributed by atoms with Gasteiger partial charge in [0.2, 0.25) is 0 Å². The van der Waals surface area contributed by atoms with Gasteiger partial charge in [0.15, 0.2) is 5.82 Å². The Balaban J connectivity index is 3.04. The molecule has 0 aromatic carbocycles. The van der Waals surface area contributed by atoms with Gasteiger partial charge in [-0.1, -0.05) is 0 Å². The van der Waals surface area contributed by atoms with Crippen LogP contribution in [0.1, 0.15) is 0 Å². The number of aryl methyl sites for hydroxylation is 1. The van der Waals surface area contributed by atoms with Gasteiger partial charge < -0.3 is 15.6 Å². The quantitative estimate of drug-likeness (QED) is 0.558. The normalized spacial score (nSPS) is 9.56. The van der Waals surface area contributed by atoms with Crippen LogP contribution >= 0.6 is 0 Å². The van der Waals surface area contributed by atoms with E-state index in [0.29, 0.717) is 5.82 Å². The Morgan fingerprint density at radius 3 is 2.67 bits per heavy atom. The molecular formula is C5H10N4. The molecule has 9 heavy (non-hydrogen) atoms. The van der Waals surface area contributed by atoms with Gasteiger partial charge in [0, 0.05) is 14.1 Å². The van der Waals surface area contributed by atoms with Crippen molar-refractivity contribution in [3.8, 4) is 0 Å². The Morgan fingerprint density at radius 1 is 1.78 bits per heavy atom. The van der Waals surface area contributed by atoms with Gasteiger partial charge >= 0.3 is 0 Å². The van der Waals surface area contributed by atoms with Gasteiger partial charge in [-0.25, -0.2) is 4.98 Å². The summed E-state index contributed by atoms with van der Waals surface area (Å²) in [5, 5.41) is 2.86. The zero-order valence-corrected chi connectivity index (χ0v) is 5.55. The van der Waals surface area contributed by atoms with E-state index in [4.69, 9.17) is 5.73 Å². The largest absolute Gasteiger partial charge is 0.382 e. The topological polar surface area (TPSA) is 55.9 Å². The van der Waals surface area contributed by atoms with Gasteiger partial charge in [-0.3, -0.25) is 0 Å². The average Bonchev–Trinajstić information content (AvgIpc) is 2.15. The molecule has 0 saturated carbocycles. The first-order chi connectivity index (χ1) is 4.25. The fourth-order valence-electron chi connectivity index (χ4n) is 0.632. The SMILES string of the molecule is CNc1ncn(C)c1N. The van der Waals surface area contributed by atoms with Crippen LogP contribution in [0, 0.1) is 0 Å².